The Morgan fingerprint density at radius 2 is 1.59 bits per heavy atom. The number of hydrogen-bond acceptors (Lipinski definition) is 6. The molecule has 2 aliphatic rings. The lowest BCUT2D eigenvalue weighted by Gasteiger charge is -2.38. The lowest BCUT2D eigenvalue weighted by molar-refractivity contribution is 0.322. The van der Waals surface area contributed by atoms with E-state index >= 15 is 0 Å². The first-order chi connectivity index (χ1) is 17.8. The lowest BCUT2D eigenvalue weighted by atomic mass is 9.77. The number of aryl methyl sites for hydroxylation is 2. The van der Waals surface area contributed by atoms with Crippen molar-refractivity contribution in [1.29, 1.82) is 0 Å². The summed E-state index contributed by atoms with van der Waals surface area (Å²) in [5.74, 6) is 2.05. The van der Waals surface area contributed by atoms with E-state index in [2.05, 4.69) is 22.2 Å². The average Bonchev–Trinajstić information content (AvgIpc) is 3.39. The van der Waals surface area contributed by atoms with E-state index < -0.39 is 10.0 Å². The molecule has 7 nitrogen and oxygen atoms in total. The highest BCUT2D eigenvalue weighted by Crippen LogP contribution is 2.52. The topological polar surface area (TPSA) is 85.9 Å². The molecule has 0 bridgehead atoms. The van der Waals surface area contributed by atoms with Crippen LogP contribution in [-0.2, 0) is 10.0 Å². The minimum atomic E-state index is -3.76. The van der Waals surface area contributed by atoms with Gasteiger partial charge in [0.1, 0.15) is 0 Å². The van der Waals surface area contributed by atoms with Gasteiger partial charge in [-0.3, -0.25) is 4.72 Å². The Hall–Kier alpha value is -3.65. The molecule has 194 valence electrons. The van der Waals surface area contributed by atoms with Crippen LogP contribution in [0.2, 0.25) is 0 Å². The number of sulfonamides is 1. The van der Waals surface area contributed by atoms with E-state index in [1.54, 1.807) is 33.5 Å². The largest absolute Gasteiger partial charge is 0.493 e. The molecule has 3 aromatic rings. The molecule has 2 N–H and O–H groups in total. The predicted molar refractivity (Wildman–Crippen MR) is 146 cm³/mol. The maximum absolute atomic E-state index is 13.4. The number of fused-ring (bicyclic) bond motifs is 3. The van der Waals surface area contributed by atoms with Crippen LogP contribution in [0.4, 0.5) is 11.4 Å². The van der Waals surface area contributed by atoms with Crippen molar-refractivity contribution in [2.24, 2.45) is 5.92 Å². The van der Waals surface area contributed by atoms with Gasteiger partial charge in [-0.05, 0) is 78.8 Å². The molecule has 0 saturated carbocycles. The average molecular weight is 521 g/mol. The van der Waals surface area contributed by atoms with Gasteiger partial charge in [-0.15, -0.1) is 0 Å². The molecule has 0 saturated heterocycles. The quantitative estimate of drug-likeness (QED) is 0.374. The maximum atomic E-state index is 13.4. The Morgan fingerprint density at radius 1 is 0.919 bits per heavy atom. The Kier molecular flexibility index (Phi) is 6.54. The van der Waals surface area contributed by atoms with Gasteiger partial charge in [0.15, 0.2) is 11.5 Å². The molecule has 8 heteroatoms. The summed E-state index contributed by atoms with van der Waals surface area (Å²) < 4.78 is 46.2. The number of anilines is 2. The summed E-state index contributed by atoms with van der Waals surface area (Å²) in [6.45, 7) is 3.80. The van der Waals surface area contributed by atoms with Crippen LogP contribution in [0.25, 0.3) is 0 Å². The first kappa shape index (κ1) is 25.0. The predicted octanol–water partition coefficient (Wildman–Crippen LogP) is 5.96. The van der Waals surface area contributed by atoms with Crippen molar-refractivity contribution in [3.63, 3.8) is 0 Å². The highest BCUT2D eigenvalue weighted by atomic mass is 32.2. The standard InChI is InChI=1S/C29H32N2O5S/c1-17-8-6-9-18(2)27(17)31-37(32,33)20-12-13-24-23(16-20)21-10-7-11-22(21)28(30-24)19-14-25(34-3)29(36-5)26(15-19)35-4/h6-10,12-16,21-22,28,30-31H,11H2,1-5H3. The van der Waals surface area contributed by atoms with Crippen molar-refractivity contribution in [1.82, 2.24) is 0 Å². The van der Waals surface area contributed by atoms with Crippen molar-refractivity contribution < 1.29 is 22.6 Å². The van der Waals surface area contributed by atoms with E-state index in [9.17, 15) is 8.42 Å². The molecule has 1 aliphatic heterocycles. The lowest BCUT2D eigenvalue weighted by Crippen LogP contribution is -2.29. The zero-order valence-electron chi connectivity index (χ0n) is 21.7. The molecule has 0 aromatic heterocycles. The minimum Gasteiger partial charge on any atom is -0.493 e. The van der Waals surface area contributed by atoms with Gasteiger partial charge in [-0.25, -0.2) is 8.42 Å². The highest BCUT2D eigenvalue weighted by molar-refractivity contribution is 7.92. The third-order valence-electron chi connectivity index (χ3n) is 7.41. The molecule has 0 amide bonds. The Labute approximate surface area is 218 Å². The normalized spacial score (nSPS) is 20.0. The van der Waals surface area contributed by atoms with Crippen LogP contribution in [0, 0.1) is 19.8 Å². The van der Waals surface area contributed by atoms with E-state index in [4.69, 9.17) is 14.2 Å². The number of allylic oxidation sites excluding steroid dienone is 2. The maximum Gasteiger partial charge on any atom is 0.261 e. The van der Waals surface area contributed by atoms with E-state index in [1.807, 2.05) is 50.2 Å². The molecule has 0 fully saturated rings. The second-order valence-electron chi connectivity index (χ2n) is 9.56. The number of nitrogens with one attached hydrogen (secondary N) is 2. The van der Waals surface area contributed by atoms with E-state index in [-0.39, 0.29) is 22.8 Å². The molecule has 3 unspecified atom stereocenters. The second kappa shape index (κ2) is 9.67. The van der Waals surface area contributed by atoms with Crippen LogP contribution < -0.4 is 24.2 Å². The molecule has 1 aliphatic carbocycles. The number of ether oxygens (including phenoxy) is 3. The molecule has 1 heterocycles. The van der Waals surface area contributed by atoms with Gasteiger partial charge in [0.25, 0.3) is 10.0 Å². The zero-order chi connectivity index (χ0) is 26.3. The van der Waals surface area contributed by atoms with Gasteiger partial charge in [-0.2, -0.15) is 0 Å². The third-order valence-corrected chi connectivity index (χ3v) is 8.76. The molecule has 3 atom stereocenters. The van der Waals surface area contributed by atoms with Gasteiger partial charge in [0.2, 0.25) is 5.75 Å². The van der Waals surface area contributed by atoms with Crippen LogP contribution in [-0.4, -0.2) is 29.7 Å². The SMILES string of the molecule is COc1cc(C2Nc3ccc(S(=O)(=O)Nc4c(C)cccc4C)cc3C3C=CCC32)cc(OC)c1OC. The van der Waals surface area contributed by atoms with Crippen molar-refractivity contribution >= 4 is 21.4 Å². The summed E-state index contributed by atoms with van der Waals surface area (Å²) in [7, 11) is 1.05. The fourth-order valence-corrected chi connectivity index (χ4v) is 6.76. The Balaban J connectivity index is 1.52. The van der Waals surface area contributed by atoms with Gasteiger partial charge >= 0.3 is 0 Å². The summed E-state index contributed by atoms with van der Waals surface area (Å²) in [6.07, 6.45) is 5.23. The van der Waals surface area contributed by atoms with Crippen LogP contribution in [0.5, 0.6) is 17.2 Å². The third kappa shape index (κ3) is 4.39. The first-order valence-electron chi connectivity index (χ1n) is 12.2. The molecule has 3 aromatic carbocycles. The molecule has 0 radical (unpaired) electrons. The summed E-state index contributed by atoms with van der Waals surface area (Å²) in [6, 6.07) is 15.0. The van der Waals surface area contributed by atoms with Crippen molar-refractivity contribution in [3.8, 4) is 17.2 Å². The fourth-order valence-electron chi connectivity index (χ4n) is 5.52. The molecule has 5 rings (SSSR count). The smallest absolute Gasteiger partial charge is 0.261 e. The van der Waals surface area contributed by atoms with Crippen LogP contribution in [0.15, 0.2) is 65.6 Å². The van der Waals surface area contributed by atoms with Crippen molar-refractivity contribution in [2.75, 3.05) is 31.4 Å². The van der Waals surface area contributed by atoms with Crippen LogP contribution in [0.3, 0.4) is 0 Å². The van der Waals surface area contributed by atoms with Crippen molar-refractivity contribution in [2.45, 2.75) is 37.1 Å². The van der Waals surface area contributed by atoms with Gasteiger partial charge < -0.3 is 19.5 Å². The summed E-state index contributed by atoms with van der Waals surface area (Å²) in [5, 5.41) is 3.66. The van der Waals surface area contributed by atoms with Gasteiger partial charge in [0.05, 0.1) is 38.0 Å². The Morgan fingerprint density at radius 3 is 2.22 bits per heavy atom. The number of methoxy groups -OCH3 is 3. The number of rotatable bonds is 7. The zero-order valence-corrected chi connectivity index (χ0v) is 22.5. The second-order valence-corrected chi connectivity index (χ2v) is 11.2. The minimum absolute atomic E-state index is 0.0172. The summed E-state index contributed by atoms with van der Waals surface area (Å²) in [5.41, 5.74) is 5.31. The van der Waals surface area contributed by atoms with E-state index in [0.29, 0.717) is 22.9 Å². The van der Waals surface area contributed by atoms with Gasteiger partial charge in [0, 0.05) is 11.6 Å². The molecular weight excluding hydrogens is 488 g/mol. The summed E-state index contributed by atoms with van der Waals surface area (Å²) >= 11 is 0. The Bertz CT molecular complexity index is 1440. The number of para-hydroxylation sites is 1. The number of hydrogen-bond donors (Lipinski definition) is 2. The van der Waals surface area contributed by atoms with E-state index in [0.717, 1.165) is 34.4 Å². The van der Waals surface area contributed by atoms with Crippen LogP contribution >= 0.6 is 0 Å². The first-order valence-corrected chi connectivity index (χ1v) is 13.7. The molecule has 37 heavy (non-hydrogen) atoms. The summed E-state index contributed by atoms with van der Waals surface area (Å²) in [4.78, 5) is 0.251. The van der Waals surface area contributed by atoms with Crippen molar-refractivity contribution in [3.05, 3.63) is 82.9 Å². The molecular formula is C29H32N2O5S. The fraction of sp³-hybridized carbons (Fsp3) is 0.310. The van der Waals surface area contributed by atoms with Gasteiger partial charge in [-0.1, -0.05) is 30.4 Å². The highest BCUT2D eigenvalue weighted by Gasteiger charge is 2.39. The monoisotopic (exact) mass is 520 g/mol. The van der Waals surface area contributed by atoms with Crippen LogP contribution in [0.1, 0.15) is 40.6 Å². The molecule has 0 spiro atoms. The number of benzene rings is 3. The van der Waals surface area contributed by atoms with E-state index in [1.165, 1.54) is 0 Å².